The molecule has 0 aromatic rings. The van der Waals surface area contributed by atoms with Crippen LogP contribution in [0.25, 0.3) is 0 Å². The fourth-order valence-corrected chi connectivity index (χ4v) is 2.29. The Kier molecular flexibility index (Phi) is 2.56. The van der Waals surface area contributed by atoms with E-state index in [2.05, 4.69) is 23.6 Å². The predicted molar refractivity (Wildman–Crippen MR) is 51.6 cm³/mol. The lowest BCUT2D eigenvalue weighted by atomic mass is 10.1. The molecular weight excluding hydrogens is 167 g/mol. The van der Waals surface area contributed by atoms with E-state index in [0.29, 0.717) is 25.2 Å². The molecule has 2 heterocycles. The Bertz CT molecular complexity index is 178. The first-order valence-electron chi connectivity index (χ1n) is 5.29. The molecule has 0 aromatic heterocycles. The van der Waals surface area contributed by atoms with Crippen LogP contribution in [0.5, 0.6) is 0 Å². The van der Waals surface area contributed by atoms with Crippen molar-refractivity contribution in [2.75, 3.05) is 26.2 Å². The zero-order valence-corrected chi connectivity index (χ0v) is 8.54. The van der Waals surface area contributed by atoms with Crippen molar-refractivity contribution in [3.63, 3.8) is 0 Å². The summed E-state index contributed by atoms with van der Waals surface area (Å²) in [4.78, 5) is 4.77. The molecule has 0 saturated carbocycles. The van der Waals surface area contributed by atoms with E-state index >= 15 is 0 Å². The summed E-state index contributed by atoms with van der Waals surface area (Å²) in [5, 5.41) is 0. The van der Waals surface area contributed by atoms with Crippen molar-refractivity contribution >= 4 is 0 Å². The van der Waals surface area contributed by atoms with Gasteiger partial charge in [0.15, 0.2) is 0 Å². The van der Waals surface area contributed by atoms with Crippen molar-refractivity contribution in [3.8, 4) is 0 Å². The van der Waals surface area contributed by atoms with Crippen LogP contribution >= 0.6 is 0 Å². The van der Waals surface area contributed by atoms with Crippen LogP contribution in [0.2, 0.25) is 0 Å². The summed E-state index contributed by atoms with van der Waals surface area (Å²) in [7, 11) is 0. The molecule has 2 nitrogen and oxygen atoms in total. The van der Waals surface area contributed by atoms with Crippen LogP contribution in [0.4, 0.5) is 4.39 Å². The predicted octanol–water partition coefficient (Wildman–Crippen LogP) is 1.12. The van der Waals surface area contributed by atoms with Gasteiger partial charge in [-0.2, -0.15) is 0 Å². The van der Waals surface area contributed by atoms with E-state index in [1.807, 2.05) is 0 Å². The number of nitrogens with zero attached hydrogens (tertiary/aromatic N) is 2. The van der Waals surface area contributed by atoms with E-state index in [9.17, 15) is 4.39 Å². The first-order chi connectivity index (χ1) is 6.16. The standard InChI is InChI=1S/C10H19FN2/c1-8(2)12-4-3-10(7-12)13-5-9(11)6-13/h8-10H,3-7H2,1-2H3/t10-/m1/s1. The number of hydrogen-bond donors (Lipinski definition) is 0. The van der Waals surface area contributed by atoms with Gasteiger partial charge in [0.25, 0.3) is 0 Å². The van der Waals surface area contributed by atoms with Crippen LogP contribution in [-0.2, 0) is 0 Å². The zero-order valence-electron chi connectivity index (χ0n) is 8.54. The van der Waals surface area contributed by atoms with E-state index in [-0.39, 0.29) is 0 Å². The smallest absolute Gasteiger partial charge is 0.125 e. The van der Waals surface area contributed by atoms with E-state index in [1.54, 1.807) is 0 Å². The van der Waals surface area contributed by atoms with Crippen molar-refractivity contribution in [3.05, 3.63) is 0 Å². The Labute approximate surface area is 79.7 Å². The van der Waals surface area contributed by atoms with Crippen LogP contribution in [0.1, 0.15) is 20.3 Å². The molecule has 0 aromatic carbocycles. The minimum Gasteiger partial charge on any atom is -0.299 e. The first kappa shape index (κ1) is 9.41. The van der Waals surface area contributed by atoms with E-state index in [0.717, 1.165) is 6.54 Å². The summed E-state index contributed by atoms with van der Waals surface area (Å²) >= 11 is 0. The molecule has 76 valence electrons. The van der Waals surface area contributed by atoms with Gasteiger partial charge in [-0.15, -0.1) is 0 Å². The van der Waals surface area contributed by atoms with Crippen LogP contribution in [0.15, 0.2) is 0 Å². The zero-order chi connectivity index (χ0) is 9.42. The lowest BCUT2D eigenvalue weighted by Gasteiger charge is -2.39. The first-order valence-corrected chi connectivity index (χ1v) is 5.29. The SMILES string of the molecule is CC(C)N1CC[C@@H](N2CC(F)C2)C1. The van der Waals surface area contributed by atoms with Crippen LogP contribution in [0, 0.1) is 0 Å². The number of rotatable bonds is 2. The minimum absolute atomic E-state index is 0.548. The maximum atomic E-state index is 12.6. The van der Waals surface area contributed by atoms with Crippen molar-refractivity contribution in [2.45, 2.75) is 38.5 Å². The number of likely N-dealkylation sites (tertiary alicyclic amines) is 2. The Hall–Kier alpha value is -0.150. The molecule has 0 radical (unpaired) electrons. The Morgan fingerprint density at radius 2 is 1.92 bits per heavy atom. The Balaban J connectivity index is 1.78. The molecule has 0 N–H and O–H groups in total. The van der Waals surface area contributed by atoms with E-state index < -0.39 is 6.17 Å². The van der Waals surface area contributed by atoms with Crippen molar-refractivity contribution in [1.82, 2.24) is 9.80 Å². The second-order valence-corrected chi connectivity index (χ2v) is 4.58. The van der Waals surface area contributed by atoms with Gasteiger partial charge in [-0.05, 0) is 20.3 Å². The topological polar surface area (TPSA) is 6.48 Å². The lowest BCUT2D eigenvalue weighted by Crippen LogP contribution is -2.54. The third-order valence-corrected chi connectivity index (χ3v) is 3.31. The van der Waals surface area contributed by atoms with Gasteiger partial charge in [0.2, 0.25) is 0 Å². The highest BCUT2D eigenvalue weighted by Crippen LogP contribution is 2.23. The van der Waals surface area contributed by atoms with Crippen LogP contribution < -0.4 is 0 Å². The molecule has 13 heavy (non-hydrogen) atoms. The summed E-state index contributed by atoms with van der Waals surface area (Å²) in [6, 6.07) is 1.28. The highest BCUT2D eigenvalue weighted by molar-refractivity contribution is 4.91. The van der Waals surface area contributed by atoms with Gasteiger partial charge < -0.3 is 0 Å². The highest BCUT2D eigenvalue weighted by atomic mass is 19.1. The van der Waals surface area contributed by atoms with Gasteiger partial charge in [-0.1, -0.05) is 0 Å². The summed E-state index contributed by atoms with van der Waals surface area (Å²) in [6.07, 6.45) is 0.679. The fraction of sp³-hybridized carbons (Fsp3) is 1.00. The molecule has 0 unspecified atom stereocenters. The Morgan fingerprint density at radius 3 is 2.38 bits per heavy atom. The molecule has 0 bridgehead atoms. The summed E-state index contributed by atoms with van der Waals surface area (Å²) < 4.78 is 12.6. The Morgan fingerprint density at radius 1 is 1.23 bits per heavy atom. The molecular formula is C10H19FN2. The molecule has 2 aliphatic heterocycles. The molecule has 0 spiro atoms. The summed E-state index contributed by atoms with van der Waals surface area (Å²) in [5.41, 5.74) is 0. The van der Waals surface area contributed by atoms with Crippen LogP contribution in [-0.4, -0.2) is 54.2 Å². The van der Waals surface area contributed by atoms with Crippen molar-refractivity contribution in [1.29, 1.82) is 0 Å². The number of alkyl halides is 1. The number of hydrogen-bond acceptors (Lipinski definition) is 2. The maximum Gasteiger partial charge on any atom is 0.125 e. The van der Waals surface area contributed by atoms with Gasteiger partial charge in [0.1, 0.15) is 6.17 Å². The van der Waals surface area contributed by atoms with E-state index in [4.69, 9.17) is 0 Å². The molecule has 2 saturated heterocycles. The average Bonchev–Trinajstić information content (AvgIpc) is 2.46. The van der Waals surface area contributed by atoms with Gasteiger partial charge >= 0.3 is 0 Å². The monoisotopic (exact) mass is 186 g/mol. The number of halogens is 1. The van der Waals surface area contributed by atoms with E-state index in [1.165, 1.54) is 13.0 Å². The molecule has 3 heteroatoms. The molecule has 2 fully saturated rings. The molecule has 2 rings (SSSR count). The summed E-state index contributed by atoms with van der Waals surface area (Å²) in [6.45, 7) is 8.15. The molecule has 0 aliphatic carbocycles. The largest absolute Gasteiger partial charge is 0.299 e. The second-order valence-electron chi connectivity index (χ2n) is 4.58. The highest BCUT2D eigenvalue weighted by Gasteiger charge is 2.36. The normalized spacial score (nSPS) is 32.8. The molecule has 2 aliphatic rings. The average molecular weight is 186 g/mol. The fourth-order valence-electron chi connectivity index (χ4n) is 2.29. The minimum atomic E-state index is -0.548. The van der Waals surface area contributed by atoms with Gasteiger partial charge in [-0.3, -0.25) is 9.80 Å². The van der Waals surface area contributed by atoms with Crippen molar-refractivity contribution < 1.29 is 4.39 Å². The quantitative estimate of drug-likeness (QED) is 0.637. The summed E-state index contributed by atoms with van der Waals surface area (Å²) in [5.74, 6) is 0. The third-order valence-electron chi connectivity index (χ3n) is 3.31. The second kappa shape index (κ2) is 3.54. The maximum absolute atomic E-state index is 12.6. The molecule has 0 amide bonds. The van der Waals surface area contributed by atoms with Crippen molar-refractivity contribution in [2.24, 2.45) is 0 Å². The van der Waals surface area contributed by atoms with Gasteiger partial charge in [0, 0.05) is 38.3 Å². The lowest BCUT2D eigenvalue weighted by molar-refractivity contribution is 0.0294. The third kappa shape index (κ3) is 1.86. The molecule has 1 atom stereocenters. The van der Waals surface area contributed by atoms with Gasteiger partial charge in [0.05, 0.1) is 0 Å². The van der Waals surface area contributed by atoms with Gasteiger partial charge in [-0.25, -0.2) is 4.39 Å². The van der Waals surface area contributed by atoms with Crippen LogP contribution in [0.3, 0.4) is 0 Å².